The van der Waals surface area contributed by atoms with Crippen LogP contribution >= 0.6 is 0 Å². The van der Waals surface area contributed by atoms with E-state index in [1.54, 1.807) is 0 Å². The molecule has 0 saturated carbocycles. The normalized spacial score (nSPS) is 11.2. The highest BCUT2D eigenvalue weighted by Gasteiger charge is 2.15. The molecule has 0 amide bonds. The maximum Gasteiger partial charge on any atom is 0.160 e. The van der Waals surface area contributed by atoms with E-state index in [0.29, 0.717) is 5.82 Å². The van der Waals surface area contributed by atoms with Crippen LogP contribution in [-0.4, -0.2) is 15.0 Å². The third kappa shape index (κ3) is 5.61. The molecule has 2 heterocycles. The van der Waals surface area contributed by atoms with E-state index in [0.717, 1.165) is 44.9 Å². The van der Waals surface area contributed by atoms with Crippen molar-refractivity contribution in [2.24, 2.45) is 0 Å². The molecule has 0 aliphatic heterocycles. The SMILES string of the molecule is c1ccc(-c2ccc(-c3cc(-c4ccccc4)nc(-c4ccc(-c5cc(-c6ccccc6)c6c(ccc7ccccc76)n5)cc4)n3)cc2)cc1. The van der Waals surface area contributed by atoms with Crippen LogP contribution in [0.4, 0.5) is 0 Å². The molecule has 0 spiro atoms. The van der Waals surface area contributed by atoms with Crippen molar-refractivity contribution in [1.29, 1.82) is 0 Å². The van der Waals surface area contributed by atoms with Crippen LogP contribution < -0.4 is 0 Å². The van der Waals surface area contributed by atoms with Gasteiger partial charge in [-0.1, -0.05) is 170 Å². The van der Waals surface area contributed by atoms with E-state index in [1.807, 2.05) is 24.3 Å². The lowest BCUT2D eigenvalue weighted by Crippen LogP contribution is -1.96. The molecule has 234 valence electrons. The van der Waals surface area contributed by atoms with Crippen molar-refractivity contribution in [1.82, 2.24) is 15.0 Å². The molecule has 0 bridgehead atoms. The Morgan fingerprint density at radius 3 is 1.40 bits per heavy atom. The second-order valence-corrected chi connectivity index (χ2v) is 12.5. The highest BCUT2D eigenvalue weighted by molar-refractivity contribution is 6.13. The zero-order valence-corrected chi connectivity index (χ0v) is 27.2. The average molecular weight is 638 g/mol. The molecule has 9 rings (SSSR count). The van der Waals surface area contributed by atoms with Crippen LogP contribution in [0.2, 0.25) is 0 Å². The van der Waals surface area contributed by atoms with Gasteiger partial charge in [0.25, 0.3) is 0 Å². The molecule has 0 radical (unpaired) electrons. The number of aromatic nitrogens is 3. The van der Waals surface area contributed by atoms with Gasteiger partial charge in [-0.25, -0.2) is 15.0 Å². The van der Waals surface area contributed by atoms with Gasteiger partial charge in [-0.3, -0.25) is 0 Å². The molecule has 3 nitrogen and oxygen atoms in total. The molecule has 2 aromatic heterocycles. The fourth-order valence-corrected chi connectivity index (χ4v) is 6.74. The first-order valence-electron chi connectivity index (χ1n) is 16.9. The first-order chi connectivity index (χ1) is 24.8. The lowest BCUT2D eigenvalue weighted by molar-refractivity contribution is 1.18. The van der Waals surface area contributed by atoms with Crippen molar-refractivity contribution in [3.8, 4) is 67.4 Å². The standard InChI is InChI=1S/C47H31N3/c1-4-12-32(13-5-1)33-20-22-38(23-21-33)45-31-44(36-17-8-3-9-18-36)49-47(50-45)39-26-24-37(25-27-39)43-30-41(34-14-6-2-7-15-34)46-40-19-11-10-16-35(40)28-29-42(46)48-43/h1-31H. The number of rotatable bonds is 6. The van der Waals surface area contributed by atoms with Gasteiger partial charge in [-0.2, -0.15) is 0 Å². The summed E-state index contributed by atoms with van der Waals surface area (Å²) in [6.07, 6.45) is 0. The van der Waals surface area contributed by atoms with E-state index >= 15 is 0 Å². The topological polar surface area (TPSA) is 38.7 Å². The molecule has 0 atom stereocenters. The van der Waals surface area contributed by atoms with Gasteiger partial charge in [0.1, 0.15) is 0 Å². The zero-order chi connectivity index (χ0) is 33.3. The Labute approximate surface area is 291 Å². The molecule has 0 fully saturated rings. The third-order valence-corrected chi connectivity index (χ3v) is 9.31. The van der Waals surface area contributed by atoms with E-state index in [2.05, 4.69) is 164 Å². The van der Waals surface area contributed by atoms with Crippen molar-refractivity contribution in [2.75, 3.05) is 0 Å². The van der Waals surface area contributed by atoms with Gasteiger partial charge < -0.3 is 0 Å². The minimum atomic E-state index is 0.683. The molecule has 0 aliphatic carbocycles. The minimum absolute atomic E-state index is 0.683. The Morgan fingerprint density at radius 1 is 0.300 bits per heavy atom. The number of fused-ring (bicyclic) bond motifs is 3. The van der Waals surface area contributed by atoms with Crippen LogP contribution in [0.25, 0.3) is 89.1 Å². The average Bonchev–Trinajstić information content (AvgIpc) is 3.21. The van der Waals surface area contributed by atoms with Gasteiger partial charge in [0.2, 0.25) is 0 Å². The van der Waals surface area contributed by atoms with E-state index in [4.69, 9.17) is 15.0 Å². The predicted octanol–water partition coefficient (Wildman–Crippen LogP) is 12.2. The molecule has 0 unspecified atom stereocenters. The Hall–Kier alpha value is -6.71. The largest absolute Gasteiger partial charge is 0.248 e. The van der Waals surface area contributed by atoms with Gasteiger partial charge in [0.15, 0.2) is 5.82 Å². The van der Waals surface area contributed by atoms with Gasteiger partial charge in [0, 0.05) is 27.6 Å². The summed E-state index contributed by atoms with van der Waals surface area (Å²) in [6.45, 7) is 0. The quantitative estimate of drug-likeness (QED) is 0.170. The molecule has 0 aliphatic rings. The van der Waals surface area contributed by atoms with Crippen molar-refractivity contribution in [2.45, 2.75) is 0 Å². The second-order valence-electron chi connectivity index (χ2n) is 12.5. The van der Waals surface area contributed by atoms with E-state index < -0.39 is 0 Å². The van der Waals surface area contributed by atoms with Crippen molar-refractivity contribution >= 4 is 21.7 Å². The molecule has 0 saturated heterocycles. The first-order valence-corrected chi connectivity index (χ1v) is 16.9. The fourth-order valence-electron chi connectivity index (χ4n) is 6.74. The summed E-state index contributed by atoms with van der Waals surface area (Å²) < 4.78 is 0. The molecule has 0 N–H and O–H groups in total. The Balaban J connectivity index is 1.13. The molecular weight excluding hydrogens is 607 g/mol. The van der Waals surface area contributed by atoms with Crippen molar-refractivity contribution < 1.29 is 0 Å². The monoisotopic (exact) mass is 637 g/mol. The fraction of sp³-hybridized carbons (Fsp3) is 0. The Morgan fingerprint density at radius 2 is 0.760 bits per heavy atom. The Bertz CT molecular complexity index is 2600. The highest BCUT2D eigenvalue weighted by atomic mass is 14.9. The van der Waals surface area contributed by atoms with E-state index in [9.17, 15) is 0 Å². The number of hydrogen-bond donors (Lipinski definition) is 0. The maximum absolute atomic E-state index is 5.19. The summed E-state index contributed by atoms with van der Waals surface area (Å²) in [5, 5.41) is 3.59. The van der Waals surface area contributed by atoms with Crippen LogP contribution in [0.1, 0.15) is 0 Å². The summed E-state index contributed by atoms with van der Waals surface area (Å²) in [6, 6.07) is 65.6. The molecular formula is C47H31N3. The Kier molecular flexibility index (Phi) is 7.49. The highest BCUT2D eigenvalue weighted by Crippen LogP contribution is 2.37. The predicted molar refractivity (Wildman–Crippen MR) is 207 cm³/mol. The zero-order valence-electron chi connectivity index (χ0n) is 27.2. The van der Waals surface area contributed by atoms with Crippen LogP contribution in [0.15, 0.2) is 188 Å². The number of nitrogens with zero attached hydrogens (tertiary/aromatic N) is 3. The van der Waals surface area contributed by atoms with Crippen LogP contribution in [-0.2, 0) is 0 Å². The second kappa shape index (κ2) is 12.7. The summed E-state index contributed by atoms with van der Waals surface area (Å²) in [7, 11) is 0. The van der Waals surface area contributed by atoms with Crippen LogP contribution in [0.3, 0.4) is 0 Å². The number of benzene rings is 7. The van der Waals surface area contributed by atoms with Crippen molar-refractivity contribution in [3.63, 3.8) is 0 Å². The van der Waals surface area contributed by atoms with Crippen molar-refractivity contribution in [3.05, 3.63) is 188 Å². The molecule has 9 aromatic rings. The molecule has 50 heavy (non-hydrogen) atoms. The number of hydrogen-bond acceptors (Lipinski definition) is 3. The van der Waals surface area contributed by atoms with Gasteiger partial charge in [0.05, 0.1) is 22.6 Å². The lowest BCUT2D eigenvalue weighted by atomic mass is 9.94. The first kappa shape index (κ1) is 29.4. The summed E-state index contributed by atoms with van der Waals surface area (Å²) in [5.74, 6) is 0.683. The van der Waals surface area contributed by atoms with Gasteiger partial charge in [-0.15, -0.1) is 0 Å². The molecule has 3 heteroatoms. The third-order valence-electron chi connectivity index (χ3n) is 9.31. The lowest BCUT2D eigenvalue weighted by Gasteiger charge is -2.13. The minimum Gasteiger partial charge on any atom is -0.248 e. The number of pyridine rings is 1. The smallest absolute Gasteiger partial charge is 0.160 e. The van der Waals surface area contributed by atoms with Crippen LogP contribution in [0, 0.1) is 0 Å². The summed E-state index contributed by atoms with van der Waals surface area (Å²) in [4.78, 5) is 15.4. The van der Waals surface area contributed by atoms with E-state index in [-0.39, 0.29) is 0 Å². The van der Waals surface area contributed by atoms with Gasteiger partial charge in [-0.05, 0) is 51.2 Å². The summed E-state index contributed by atoms with van der Waals surface area (Å²) in [5.41, 5.74) is 12.5. The summed E-state index contributed by atoms with van der Waals surface area (Å²) >= 11 is 0. The van der Waals surface area contributed by atoms with E-state index in [1.165, 1.54) is 38.4 Å². The van der Waals surface area contributed by atoms with Gasteiger partial charge >= 0.3 is 0 Å². The van der Waals surface area contributed by atoms with Crippen LogP contribution in [0.5, 0.6) is 0 Å². The molecule has 7 aromatic carbocycles. The maximum atomic E-state index is 5.19.